The maximum atomic E-state index is 13.5. The van der Waals surface area contributed by atoms with Crippen molar-refractivity contribution in [1.82, 2.24) is 19.4 Å². The molecule has 0 bridgehead atoms. The molecule has 1 aliphatic heterocycles. The van der Waals surface area contributed by atoms with Gasteiger partial charge in [-0.05, 0) is 155 Å². The molecule has 450 valence electrons. The van der Waals surface area contributed by atoms with Crippen molar-refractivity contribution < 1.29 is 174 Å². The van der Waals surface area contributed by atoms with Crippen LogP contribution in [0.3, 0.4) is 0 Å². The van der Waals surface area contributed by atoms with Crippen LogP contribution in [0.25, 0.3) is 42.0 Å². The molecule has 23 nitrogen and oxygen atoms in total. The van der Waals surface area contributed by atoms with E-state index in [2.05, 4.69) is 40.3 Å². The number of anilines is 4. The van der Waals surface area contributed by atoms with E-state index in [-0.39, 0.29) is 145 Å². The Hall–Kier alpha value is -3.97. The Bertz CT molecular complexity index is 3440. The summed E-state index contributed by atoms with van der Waals surface area (Å²) in [4.78, 5) is 71.2. The van der Waals surface area contributed by atoms with Crippen molar-refractivity contribution in [2.75, 3.05) is 46.5 Å². The number of halogens is 1. The first-order valence-electron chi connectivity index (χ1n) is 25.6. The van der Waals surface area contributed by atoms with Gasteiger partial charge in [-0.2, -0.15) is 0 Å². The number of hydrogen-bond donors (Lipinski definition) is 5. The van der Waals surface area contributed by atoms with Crippen LogP contribution in [0.1, 0.15) is 83.5 Å². The Morgan fingerprint density at radius 3 is 1.54 bits per heavy atom. The van der Waals surface area contributed by atoms with Crippen LogP contribution in [0.4, 0.5) is 41.9 Å². The molecule has 0 atom stereocenters. The molecule has 1 fully saturated rings. The molecule has 4 aromatic carbocycles. The first kappa shape index (κ1) is 75.3. The zero-order valence-electron chi connectivity index (χ0n) is 50.2. The fourth-order valence-electron chi connectivity index (χ4n) is 7.39. The Labute approximate surface area is 594 Å². The molecule has 0 radical (unpaired) electrons. The Balaban J connectivity index is 0.000000535. The number of carbonyl (C=O) groups excluding carboxylic acids is 5. The second-order valence-corrected chi connectivity index (χ2v) is 26.3. The van der Waals surface area contributed by atoms with Crippen LogP contribution in [0.15, 0.2) is 107 Å². The molecule has 4 amide bonds. The fraction of sp³-hybridized carbons (Fsp3) is 0.364. The number of alkyl halides is 1. The molecule has 85 heavy (non-hydrogen) atoms. The van der Waals surface area contributed by atoms with Gasteiger partial charge in [0.2, 0.25) is 20.0 Å². The minimum atomic E-state index is -3.99. The number of benzene rings is 4. The van der Waals surface area contributed by atoms with E-state index in [0.717, 1.165) is 11.1 Å². The van der Waals surface area contributed by atoms with Crippen molar-refractivity contribution in [3.8, 4) is 42.0 Å². The minimum Gasteiger partial charge on any atom is -1.00 e. The van der Waals surface area contributed by atoms with Crippen LogP contribution in [0.2, 0.25) is 0 Å². The van der Waals surface area contributed by atoms with E-state index in [1.54, 1.807) is 142 Å². The molecule has 1 aliphatic rings. The summed E-state index contributed by atoms with van der Waals surface area (Å²) in [5.41, 5.74) is 2.89. The van der Waals surface area contributed by atoms with Crippen LogP contribution >= 0.6 is 34.3 Å². The molecule has 1 saturated heterocycles. The van der Waals surface area contributed by atoms with Crippen LogP contribution in [-0.4, -0.2) is 107 Å². The summed E-state index contributed by atoms with van der Waals surface area (Å²) in [7, 11) is -7.95. The van der Waals surface area contributed by atoms with Crippen molar-refractivity contribution in [1.29, 1.82) is 0 Å². The van der Waals surface area contributed by atoms with Crippen molar-refractivity contribution in [2.24, 2.45) is 0 Å². The van der Waals surface area contributed by atoms with Crippen LogP contribution in [-0.2, 0) is 48.7 Å². The van der Waals surface area contributed by atoms with Crippen LogP contribution in [0, 0.1) is 0 Å². The van der Waals surface area contributed by atoms with E-state index in [9.17, 15) is 36.0 Å². The number of carbonyl (C=O) groups is 5. The summed E-state index contributed by atoms with van der Waals surface area (Å²) in [6, 6.07) is 23.7. The molecule has 30 heteroatoms. The number of rotatable bonds is 18. The standard InChI is InChI=1S/C27H33ClN4O6S2.C27H32N4O6S2.CH2O3.2K.H/c1-17(2)38-26(34)30-19-9-7-18(8-10-19)24-29-16-22(39-24)21-12-11-20(31-25(33)37-14-6-13-28)15-23(21)40(35,36)32-27(3,4)5;1-17(2)37-25(32)29-19-9-7-18(8-10-19)24-28-16-22(38-24)21-12-11-20(31-13-6-14-36-26(31)33)15-23(21)39(34,35)30-27(3,4)5;2-1-4-3;;;/h7-12,15-17,32H,6,13-14H2,1-5H3,(H,30,34)(H,31,33);7-12,15-17,30H,6,13-14H2,1-5H3,(H,29,32);1,3H;;;/q;;;2*+1;-1/p-1. The van der Waals surface area contributed by atoms with Crippen LogP contribution in [0.5, 0.6) is 0 Å². The fourth-order valence-corrected chi connectivity index (χ4v) is 12.9. The largest absolute Gasteiger partial charge is 1.00 e. The van der Waals surface area contributed by atoms with E-state index in [0.29, 0.717) is 79.8 Å². The number of aromatic nitrogens is 2. The smallest absolute Gasteiger partial charge is 1.00 e. The van der Waals surface area contributed by atoms with Gasteiger partial charge in [-0.1, -0.05) is 12.1 Å². The minimum absolute atomic E-state index is 0. The average molecular weight is 1320 g/mol. The normalized spacial score (nSPS) is 12.4. The maximum absolute atomic E-state index is 13.5. The van der Waals surface area contributed by atoms with Crippen molar-refractivity contribution in [2.45, 2.75) is 115 Å². The van der Waals surface area contributed by atoms with Crippen molar-refractivity contribution >= 4 is 108 Å². The summed E-state index contributed by atoms with van der Waals surface area (Å²) in [5, 5.41) is 17.7. The number of nitrogens with one attached hydrogen (secondary N) is 5. The molecule has 5 N–H and O–H groups in total. The third-order valence-corrected chi connectivity index (χ3v) is 16.5. The van der Waals surface area contributed by atoms with Crippen LogP contribution < -0.4 is 138 Å². The topological polar surface area (TPSA) is 312 Å². The molecule has 0 aliphatic carbocycles. The summed E-state index contributed by atoms with van der Waals surface area (Å²) < 4.78 is 79.7. The quantitative estimate of drug-likeness (QED) is 0.0142. The number of thiazole rings is 2. The molecule has 3 heterocycles. The van der Waals surface area contributed by atoms with Gasteiger partial charge in [-0.15, -0.1) is 34.3 Å². The van der Waals surface area contributed by atoms with E-state index in [1.807, 2.05) is 12.1 Å². The molecule has 0 saturated carbocycles. The van der Waals surface area contributed by atoms with Gasteiger partial charge in [0, 0.05) is 80.9 Å². The molecular formula is C55H67ClK2N8O15S4. The number of hydrogen-bond acceptors (Lipinski definition) is 19. The number of cyclic esters (lactones) is 1. The molecular weight excluding hydrogens is 1250 g/mol. The van der Waals surface area contributed by atoms with Crippen molar-refractivity contribution in [3.05, 3.63) is 97.3 Å². The zero-order chi connectivity index (χ0) is 61.3. The van der Waals surface area contributed by atoms with E-state index < -0.39 is 55.5 Å². The third-order valence-electron chi connectivity index (χ3n) is 10.5. The van der Waals surface area contributed by atoms with Gasteiger partial charge in [0.15, 0.2) is 0 Å². The zero-order valence-corrected chi connectivity index (χ0v) is 59.5. The van der Waals surface area contributed by atoms with Gasteiger partial charge in [0.1, 0.15) is 10.0 Å². The van der Waals surface area contributed by atoms with Gasteiger partial charge in [-0.25, -0.2) is 55.4 Å². The second-order valence-electron chi connectivity index (χ2n) is 20.6. The van der Waals surface area contributed by atoms with Gasteiger partial charge >= 0.3 is 127 Å². The van der Waals surface area contributed by atoms with Crippen molar-refractivity contribution in [3.63, 3.8) is 0 Å². The van der Waals surface area contributed by atoms with E-state index in [1.165, 1.54) is 39.7 Å². The summed E-state index contributed by atoms with van der Waals surface area (Å²) in [6.07, 6.45) is 1.64. The Kier molecular flexibility index (Phi) is 30.7. The molecule has 0 spiro atoms. The third kappa shape index (κ3) is 24.5. The first-order valence-corrected chi connectivity index (χ1v) is 30.8. The molecule has 2 aromatic heterocycles. The number of amides is 4. The SMILES string of the molecule is CC(C)OC(=O)Nc1ccc(-c2ncc(-c3ccc(N4CCCOC4=O)cc3S(=O)(=O)NC(C)(C)C)s2)cc1.CC(C)OC(=O)Nc1ccc(-c2ncc(-c3ccc(NC(=O)OCCCCl)cc3S(=O)(=O)NC(C)(C)C)s2)cc1.O=CO[O-].[H-].[K+].[K+]. The van der Waals surface area contributed by atoms with Gasteiger partial charge in [-0.3, -0.25) is 25.6 Å². The number of ether oxygens (including phenoxy) is 4. The maximum Gasteiger partial charge on any atom is 1.00 e. The van der Waals surface area contributed by atoms with Gasteiger partial charge in [0.05, 0.1) is 45.0 Å². The Morgan fingerprint density at radius 1 is 0.706 bits per heavy atom. The summed E-state index contributed by atoms with van der Waals surface area (Å²) in [6.45, 7) is 18.3. The summed E-state index contributed by atoms with van der Waals surface area (Å²) in [5.74, 6) is 0.355. The average Bonchev–Trinajstić information content (AvgIpc) is 1.36. The number of nitrogens with zero attached hydrogens (tertiary/aromatic N) is 3. The van der Waals surface area contributed by atoms with Gasteiger partial charge < -0.3 is 30.5 Å². The Morgan fingerprint density at radius 2 is 1.13 bits per heavy atom. The van der Waals surface area contributed by atoms with E-state index >= 15 is 0 Å². The second kappa shape index (κ2) is 34.7. The number of sulfonamides is 2. The van der Waals surface area contributed by atoms with E-state index in [4.69, 9.17) is 40.6 Å². The molecule has 0 unspecified atom stereocenters. The predicted molar refractivity (Wildman–Crippen MR) is 318 cm³/mol. The van der Waals surface area contributed by atoms with Gasteiger partial charge in [0.25, 0.3) is 6.47 Å². The first-order chi connectivity index (χ1) is 39.0. The predicted octanol–water partition coefficient (Wildman–Crippen LogP) is 5.10. The monoisotopic (exact) mass is 1320 g/mol. The molecule has 6 aromatic rings. The molecule has 7 rings (SSSR count). The summed E-state index contributed by atoms with van der Waals surface area (Å²) >= 11 is 8.26.